The van der Waals surface area contributed by atoms with Crippen molar-refractivity contribution in [3.63, 3.8) is 0 Å². The zero-order chi connectivity index (χ0) is 12.4. The van der Waals surface area contributed by atoms with E-state index in [1.165, 1.54) is 12.3 Å². The Hall–Kier alpha value is -1.33. The Kier molecular flexibility index (Phi) is 3.49. The fourth-order valence-corrected chi connectivity index (χ4v) is 2.41. The lowest BCUT2D eigenvalue weighted by Crippen LogP contribution is -1.96. The van der Waals surface area contributed by atoms with Crippen molar-refractivity contribution in [2.75, 3.05) is 0 Å². The first-order chi connectivity index (χ1) is 8.08. The molecule has 90 valence electrons. The monoisotopic (exact) mass is 253 g/mol. The summed E-state index contributed by atoms with van der Waals surface area (Å²) in [6.07, 6.45) is 0.773. The van der Waals surface area contributed by atoms with Crippen molar-refractivity contribution >= 4 is 11.8 Å². The van der Waals surface area contributed by atoms with Crippen LogP contribution in [0, 0.1) is 12.7 Å². The van der Waals surface area contributed by atoms with Gasteiger partial charge in [-0.3, -0.25) is 0 Å². The molecule has 0 spiro atoms. The Morgan fingerprint density at radius 2 is 2.24 bits per heavy atom. The van der Waals surface area contributed by atoms with Gasteiger partial charge in [-0.1, -0.05) is 12.1 Å². The topological polar surface area (TPSA) is 46.3 Å². The van der Waals surface area contributed by atoms with Gasteiger partial charge in [-0.25, -0.2) is 9.37 Å². The number of aromatic nitrogens is 1. The van der Waals surface area contributed by atoms with Crippen molar-refractivity contribution in [3.05, 3.63) is 41.5 Å². The molecular formula is C12H12FNO2S. The van der Waals surface area contributed by atoms with E-state index in [0.717, 1.165) is 17.5 Å². The minimum Gasteiger partial charge on any atom is -0.439 e. The van der Waals surface area contributed by atoms with E-state index in [0.29, 0.717) is 15.7 Å². The minimum absolute atomic E-state index is 0.351. The molecule has 17 heavy (non-hydrogen) atoms. The molecule has 0 fully saturated rings. The zero-order valence-corrected chi connectivity index (χ0v) is 10.3. The summed E-state index contributed by atoms with van der Waals surface area (Å²) in [6, 6.07) is 4.61. The van der Waals surface area contributed by atoms with Crippen LogP contribution in [0.25, 0.3) is 0 Å². The van der Waals surface area contributed by atoms with Crippen LogP contribution in [0.15, 0.2) is 39.0 Å². The van der Waals surface area contributed by atoms with Gasteiger partial charge in [-0.15, -0.1) is 0 Å². The second-order valence-electron chi connectivity index (χ2n) is 3.69. The van der Waals surface area contributed by atoms with Gasteiger partial charge in [0.1, 0.15) is 12.1 Å². The third-order valence-corrected chi connectivity index (χ3v) is 3.23. The smallest absolute Gasteiger partial charge is 0.260 e. The van der Waals surface area contributed by atoms with Gasteiger partial charge < -0.3 is 9.52 Å². The summed E-state index contributed by atoms with van der Waals surface area (Å²) in [7, 11) is 0. The number of aliphatic hydroxyl groups excluding tert-OH is 1. The van der Waals surface area contributed by atoms with E-state index in [4.69, 9.17) is 4.42 Å². The molecule has 0 bridgehead atoms. The summed E-state index contributed by atoms with van der Waals surface area (Å²) in [5.41, 5.74) is 1.27. The summed E-state index contributed by atoms with van der Waals surface area (Å²) in [4.78, 5) is 4.45. The zero-order valence-electron chi connectivity index (χ0n) is 9.48. The van der Waals surface area contributed by atoms with Gasteiger partial charge in [-0.05, 0) is 37.2 Å². The molecule has 2 rings (SSSR count). The normalized spacial score (nSPS) is 12.7. The highest BCUT2D eigenvalue weighted by Gasteiger charge is 2.15. The molecule has 3 nitrogen and oxygen atoms in total. The molecule has 0 aliphatic rings. The number of nitrogens with zero attached hydrogens (tertiary/aromatic N) is 1. The second kappa shape index (κ2) is 4.89. The van der Waals surface area contributed by atoms with Crippen LogP contribution < -0.4 is 0 Å². The van der Waals surface area contributed by atoms with Crippen LogP contribution >= 0.6 is 11.8 Å². The summed E-state index contributed by atoms with van der Waals surface area (Å²) in [5, 5.41) is 9.95. The number of oxazole rings is 1. The molecule has 0 unspecified atom stereocenters. The molecule has 1 aromatic heterocycles. The molecule has 0 saturated heterocycles. The highest BCUT2D eigenvalue weighted by molar-refractivity contribution is 7.99. The summed E-state index contributed by atoms with van der Waals surface area (Å²) in [5.74, 6) is -0.385. The Bertz CT molecular complexity index is 525. The lowest BCUT2D eigenvalue weighted by molar-refractivity contribution is 0.195. The number of hydrogen-bond acceptors (Lipinski definition) is 4. The van der Waals surface area contributed by atoms with Gasteiger partial charge in [0.2, 0.25) is 0 Å². The molecule has 1 heterocycles. The lowest BCUT2D eigenvalue weighted by atomic mass is 10.1. The van der Waals surface area contributed by atoms with Crippen molar-refractivity contribution in [1.82, 2.24) is 4.98 Å². The first-order valence-electron chi connectivity index (χ1n) is 5.14. The van der Waals surface area contributed by atoms with Crippen molar-refractivity contribution in [2.45, 2.75) is 30.1 Å². The molecule has 5 heteroatoms. The van der Waals surface area contributed by atoms with Crippen LogP contribution in [0.4, 0.5) is 4.39 Å². The number of halogens is 1. The van der Waals surface area contributed by atoms with E-state index >= 15 is 0 Å². The van der Waals surface area contributed by atoms with E-state index in [1.54, 1.807) is 26.0 Å². The quantitative estimate of drug-likeness (QED) is 0.911. The van der Waals surface area contributed by atoms with Gasteiger partial charge in [0.05, 0.1) is 16.7 Å². The molecule has 0 aliphatic heterocycles. The fraction of sp³-hybridized carbons (Fsp3) is 0.250. The maximum Gasteiger partial charge on any atom is 0.260 e. The molecule has 1 N–H and O–H groups in total. The summed E-state index contributed by atoms with van der Waals surface area (Å²) in [6.45, 7) is 3.39. The molecule has 1 aromatic carbocycles. The first-order valence-corrected chi connectivity index (χ1v) is 5.96. The van der Waals surface area contributed by atoms with Crippen molar-refractivity contribution in [2.24, 2.45) is 0 Å². The van der Waals surface area contributed by atoms with Gasteiger partial charge >= 0.3 is 0 Å². The Morgan fingerprint density at radius 3 is 2.82 bits per heavy atom. The number of aryl methyl sites for hydroxylation is 1. The molecule has 0 saturated carbocycles. The molecular weight excluding hydrogens is 241 g/mol. The van der Waals surface area contributed by atoms with Gasteiger partial charge in [0.25, 0.3) is 5.22 Å². The third kappa shape index (κ3) is 2.68. The van der Waals surface area contributed by atoms with E-state index in [1.807, 2.05) is 0 Å². The van der Waals surface area contributed by atoms with Crippen LogP contribution in [0.5, 0.6) is 0 Å². The van der Waals surface area contributed by atoms with Crippen molar-refractivity contribution < 1.29 is 13.9 Å². The Labute approximate surface area is 103 Å². The number of rotatable bonds is 3. The van der Waals surface area contributed by atoms with E-state index < -0.39 is 6.10 Å². The first kappa shape index (κ1) is 12.1. The number of hydrogen-bond donors (Lipinski definition) is 1. The molecule has 0 aliphatic carbocycles. The lowest BCUT2D eigenvalue weighted by Gasteiger charge is -2.10. The van der Waals surface area contributed by atoms with Gasteiger partial charge in [-0.2, -0.15) is 0 Å². The van der Waals surface area contributed by atoms with Crippen LogP contribution in [0.1, 0.15) is 24.3 Å². The van der Waals surface area contributed by atoms with Gasteiger partial charge in [0.15, 0.2) is 0 Å². The maximum atomic E-state index is 13.7. The predicted octanol–water partition coefficient (Wildman–Crippen LogP) is 3.33. The molecule has 2 aromatic rings. The maximum absolute atomic E-state index is 13.7. The largest absolute Gasteiger partial charge is 0.439 e. The third-order valence-electron chi connectivity index (χ3n) is 2.23. The minimum atomic E-state index is -0.732. The summed E-state index contributed by atoms with van der Waals surface area (Å²) < 4.78 is 18.9. The van der Waals surface area contributed by atoms with Gasteiger partial charge in [0, 0.05) is 0 Å². The average Bonchev–Trinajstić information content (AvgIpc) is 2.67. The second-order valence-corrected chi connectivity index (χ2v) is 4.65. The van der Waals surface area contributed by atoms with Crippen molar-refractivity contribution in [1.29, 1.82) is 0 Å². The number of aliphatic hydroxyl groups is 1. The summed E-state index contributed by atoms with van der Waals surface area (Å²) >= 11 is 1.08. The molecule has 0 amide bonds. The molecule has 0 radical (unpaired) electrons. The van der Waals surface area contributed by atoms with E-state index in [9.17, 15) is 9.50 Å². The average molecular weight is 253 g/mol. The van der Waals surface area contributed by atoms with Crippen LogP contribution in [0.2, 0.25) is 0 Å². The Morgan fingerprint density at radius 1 is 1.47 bits per heavy atom. The number of benzene rings is 1. The molecule has 1 atom stereocenters. The standard InChI is InChI=1S/C12H12FNO2S/c1-7-6-16-12(14-7)17-11-9(8(2)15)4-3-5-10(11)13/h3-6,8,15H,1-2H3/t8-/m0/s1. The van der Waals surface area contributed by atoms with Crippen LogP contribution in [-0.2, 0) is 0 Å². The fourth-order valence-electron chi connectivity index (χ4n) is 1.43. The SMILES string of the molecule is Cc1coc(Sc2c(F)cccc2[C@H](C)O)n1. The van der Waals surface area contributed by atoms with E-state index in [2.05, 4.69) is 4.98 Å². The Balaban J connectivity index is 2.37. The van der Waals surface area contributed by atoms with Crippen LogP contribution in [0.3, 0.4) is 0 Å². The van der Waals surface area contributed by atoms with E-state index in [-0.39, 0.29) is 5.82 Å². The highest BCUT2D eigenvalue weighted by Crippen LogP contribution is 2.34. The van der Waals surface area contributed by atoms with Crippen LogP contribution in [-0.4, -0.2) is 10.1 Å². The predicted molar refractivity (Wildman–Crippen MR) is 62.4 cm³/mol. The highest BCUT2D eigenvalue weighted by atomic mass is 32.2. The van der Waals surface area contributed by atoms with Crippen molar-refractivity contribution in [3.8, 4) is 0 Å².